The Kier molecular flexibility index (Phi) is 3.47. The summed E-state index contributed by atoms with van der Waals surface area (Å²) in [6.45, 7) is -0.289. The molecule has 0 radical (unpaired) electrons. The molecule has 2 atom stereocenters. The summed E-state index contributed by atoms with van der Waals surface area (Å²) in [5.41, 5.74) is 1.97. The Balaban J connectivity index is 1.88. The molecule has 1 amide bonds. The van der Waals surface area contributed by atoms with Crippen LogP contribution in [0.25, 0.3) is 0 Å². The highest BCUT2D eigenvalue weighted by atomic mass is 16.4. The average molecular weight is 250 g/mol. The minimum Gasteiger partial charge on any atom is -0.479 e. The smallest absolute Gasteiger partial charge is 0.334 e. The topological polar surface area (TPSA) is 98.7 Å². The summed E-state index contributed by atoms with van der Waals surface area (Å²) in [6.07, 6.45) is -1.01. The summed E-state index contributed by atoms with van der Waals surface area (Å²) >= 11 is 0. The molecule has 1 heterocycles. The summed E-state index contributed by atoms with van der Waals surface area (Å²) in [5, 5.41) is 23.0. The minimum atomic E-state index is -1.57. The first kappa shape index (κ1) is 12.4. The molecule has 0 bridgehead atoms. The molecule has 0 saturated heterocycles. The molecule has 0 spiro atoms. The molecule has 96 valence electrons. The van der Waals surface area contributed by atoms with E-state index in [0.717, 1.165) is 11.3 Å². The number of carbonyl (C=O) groups is 2. The molecule has 6 nitrogen and oxygen atoms in total. The van der Waals surface area contributed by atoms with Gasteiger partial charge >= 0.3 is 5.97 Å². The molecule has 2 rings (SSSR count). The van der Waals surface area contributed by atoms with Gasteiger partial charge in [-0.3, -0.25) is 4.79 Å². The van der Waals surface area contributed by atoms with Gasteiger partial charge in [0.2, 0.25) is 5.91 Å². The van der Waals surface area contributed by atoms with Gasteiger partial charge in [-0.15, -0.1) is 0 Å². The van der Waals surface area contributed by atoms with Gasteiger partial charge in [0.05, 0.1) is 6.54 Å². The van der Waals surface area contributed by atoms with E-state index in [-0.39, 0.29) is 12.5 Å². The second-order valence-corrected chi connectivity index (χ2v) is 4.16. The molecule has 0 saturated carbocycles. The zero-order valence-corrected chi connectivity index (χ0v) is 9.59. The van der Waals surface area contributed by atoms with Gasteiger partial charge in [-0.05, 0) is 11.6 Å². The van der Waals surface area contributed by atoms with Crippen molar-refractivity contribution in [3.8, 4) is 0 Å². The Hall–Kier alpha value is -2.08. The van der Waals surface area contributed by atoms with E-state index in [1.54, 1.807) is 0 Å². The van der Waals surface area contributed by atoms with Crippen LogP contribution in [0.15, 0.2) is 24.3 Å². The van der Waals surface area contributed by atoms with Crippen molar-refractivity contribution >= 4 is 17.6 Å². The maximum Gasteiger partial charge on any atom is 0.334 e. The van der Waals surface area contributed by atoms with Gasteiger partial charge in [0.25, 0.3) is 0 Å². The van der Waals surface area contributed by atoms with Gasteiger partial charge in [0.15, 0.2) is 6.10 Å². The van der Waals surface area contributed by atoms with Crippen molar-refractivity contribution in [2.75, 3.05) is 11.9 Å². The van der Waals surface area contributed by atoms with Crippen molar-refractivity contribution in [3.05, 3.63) is 29.8 Å². The number of aliphatic carboxylic acids is 1. The molecule has 0 aromatic heterocycles. The first-order chi connectivity index (χ1) is 8.58. The number of hydrogen-bond donors (Lipinski definition) is 4. The first-order valence-corrected chi connectivity index (χ1v) is 5.61. The van der Waals surface area contributed by atoms with Gasteiger partial charge < -0.3 is 20.8 Å². The molecule has 0 fully saturated rings. The highest BCUT2D eigenvalue weighted by Crippen LogP contribution is 2.24. The maximum absolute atomic E-state index is 11.8. The van der Waals surface area contributed by atoms with E-state index in [2.05, 4.69) is 10.6 Å². The molecule has 1 aliphatic rings. The van der Waals surface area contributed by atoms with E-state index in [4.69, 9.17) is 10.2 Å². The van der Waals surface area contributed by atoms with E-state index in [1.165, 1.54) is 0 Å². The number of carboxylic acids is 1. The molecule has 1 aromatic carbocycles. The van der Waals surface area contributed by atoms with Gasteiger partial charge in [0, 0.05) is 12.1 Å². The largest absolute Gasteiger partial charge is 0.479 e. The summed E-state index contributed by atoms with van der Waals surface area (Å²) in [5.74, 6) is -1.66. The number of para-hydroxylation sites is 1. The SMILES string of the molecule is O=C(NC[C@H](O)C(=O)O)[C@@H]1Cc2ccccc2N1. The fraction of sp³-hybridized carbons (Fsp3) is 0.333. The zero-order chi connectivity index (χ0) is 13.1. The highest BCUT2D eigenvalue weighted by Gasteiger charge is 2.26. The van der Waals surface area contributed by atoms with Crippen LogP contribution in [0.4, 0.5) is 5.69 Å². The lowest BCUT2D eigenvalue weighted by Gasteiger charge is -2.13. The van der Waals surface area contributed by atoms with Crippen LogP contribution < -0.4 is 10.6 Å². The number of hydrogen-bond acceptors (Lipinski definition) is 4. The predicted molar refractivity (Wildman–Crippen MR) is 64.2 cm³/mol. The Morgan fingerprint density at radius 3 is 2.83 bits per heavy atom. The fourth-order valence-corrected chi connectivity index (χ4v) is 1.86. The molecule has 1 aromatic rings. The van der Waals surface area contributed by atoms with Crippen LogP contribution in [0.1, 0.15) is 5.56 Å². The number of carbonyl (C=O) groups excluding carboxylic acids is 1. The first-order valence-electron chi connectivity index (χ1n) is 5.61. The predicted octanol–water partition coefficient (Wildman–Crippen LogP) is -0.415. The van der Waals surface area contributed by atoms with Crippen molar-refractivity contribution in [2.45, 2.75) is 18.6 Å². The van der Waals surface area contributed by atoms with E-state index < -0.39 is 18.1 Å². The van der Waals surface area contributed by atoms with Crippen molar-refractivity contribution < 1.29 is 19.8 Å². The van der Waals surface area contributed by atoms with Crippen molar-refractivity contribution in [3.63, 3.8) is 0 Å². The zero-order valence-electron chi connectivity index (χ0n) is 9.59. The van der Waals surface area contributed by atoms with E-state index in [0.29, 0.717) is 6.42 Å². The lowest BCUT2D eigenvalue weighted by atomic mass is 10.1. The van der Waals surface area contributed by atoms with Gasteiger partial charge in [-0.25, -0.2) is 4.79 Å². The van der Waals surface area contributed by atoms with Crippen LogP contribution in [0, 0.1) is 0 Å². The van der Waals surface area contributed by atoms with Gasteiger partial charge in [-0.1, -0.05) is 18.2 Å². The molecule has 1 aliphatic heterocycles. The van der Waals surface area contributed by atoms with Crippen molar-refractivity contribution in [1.29, 1.82) is 0 Å². The Bertz CT molecular complexity index is 450. The number of amides is 1. The van der Waals surface area contributed by atoms with Crippen LogP contribution in [0.5, 0.6) is 0 Å². The third-order valence-electron chi connectivity index (χ3n) is 2.84. The lowest BCUT2D eigenvalue weighted by molar-refractivity contribution is -0.146. The van der Waals surface area contributed by atoms with Crippen LogP contribution in [0.3, 0.4) is 0 Å². The van der Waals surface area contributed by atoms with Gasteiger partial charge in [0.1, 0.15) is 6.04 Å². The quantitative estimate of drug-likeness (QED) is 0.582. The normalized spacial score (nSPS) is 18.6. The Labute approximate surface area is 104 Å². The van der Waals surface area contributed by atoms with E-state index >= 15 is 0 Å². The summed E-state index contributed by atoms with van der Waals surface area (Å²) in [6, 6.07) is 7.18. The monoisotopic (exact) mass is 250 g/mol. The third-order valence-corrected chi connectivity index (χ3v) is 2.84. The average Bonchev–Trinajstić information content (AvgIpc) is 2.79. The van der Waals surface area contributed by atoms with Crippen LogP contribution in [-0.4, -0.2) is 40.8 Å². The molecular weight excluding hydrogens is 236 g/mol. The summed E-state index contributed by atoms with van der Waals surface area (Å²) in [7, 11) is 0. The highest BCUT2D eigenvalue weighted by molar-refractivity contribution is 5.87. The van der Waals surface area contributed by atoms with Crippen LogP contribution in [-0.2, 0) is 16.0 Å². The minimum absolute atomic E-state index is 0.289. The Morgan fingerprint density at radius 2 is 2.17 bits per heavy atom. The second kappa shape index (κ2) is 5.05. The number of aliphatic hydroxyl groups is 1. The molecule has 6 heteroatoms. The number of aliphatic hydroxyl groups excluding tert-OH is 1. The van der Waals surface area contributed by atoms with Crippen LogP contribution in [0.2, 0.25) is 0 Å². The fourth-order valence-electron chi connectivity index (χ4n) is 1.86. The number of benzene rings is 1. The number of rotatable bonds is 4. The molecule has 0 aliphatic carbocycles. The third kappa shape index (κ3) is 2.60. The molecule has 4 N–H and O–H groups in total. The standard InChI is InChI=1S/C12H14N2O4/c15-10(12(17)18)6-13-11(16)9-5-7-3-1-2-4-8(7)14-9/h1-4,9-10,14-15H,5-6H2,(H,13,16)(H,17,18)/t9-,10-/m0/s1. The second-order valence-electron chi connectivity index (χ2n) is 4.16. The number of anilines is 1. The van der Waals surface area contributed by atoms with E-state index in [9.17, 15) is 9.59 Å². The summed E-state index contributed by atoms with van der Waals surface area (Å²) in [4.78, 5) is 22.2. The van der Waals surface area contributed by atoms with Crippen molar-refractivity contribution in [2.24, 2.45) is 0 Å². The maximum atomic E-state index is 11.8. The van der Waals surface area contributed by atoms with Crippen LogP contribution >= 0.6 is 0 Å². The van der Waals surface area contributed by atoms with Crippen molar-refractivity contribution in [1.82, 2.24) is 5.32 Å². The number of fused-ring (bicyclic) bond motifs is 1. The Morgan fingerprint density at radius 1 is 1.44 bits per heavy atom. The molecule has 0 unspecified atom stereocenters. The molecule has 18 heavy (non-hydrogen) atoms. The molecular formula is C12H14N2O4. The van der Waals surface area contributed by atoms with Gasteiger partial charge in [-0.2, -0.15) is 0 Å². The number of carboxylic acid groups (broad SMARTS) is 1. The van der Waals surface area contributed by atoms with E-state index in [1.807, 2.05) is 24.3 Å². The lowest BCUT2D eigenvalue weighted by Crippen LogP contribution is -2.43. The number of nitrogens with one attached hydrogen (secondary N) is 2. The summed E-state index contributed by atoms with van der Waals surface area (Å²) < 4.78 is 0.